The van der Waals surface area contributed by atoms with Crippen molar-refractivity contribution in [2.45, 2.75) is 85.7 Å². The van der Waals surface area contributed by atoms with Crippen LogP contribution < -0.4 is 0 Å². The molecule has 0 amide bonds. The Hall–Kier alpha value is -1.06. The van der Waals surface area contributed by atoms with Gasteiger partial charge in [0.1, 0.15) is 5.60 Å². The molecule has 5 unspecified atom stereocenters. The van der Waals surface area contributed by atoms with E-state index in [0.717, 1.165) is 19.3 Å². The van der Waals surface area contributed by atoms with E-state index in [1.165, 1.54) is 19.3 Å². The maximum atomic E-state index is 13.3. The van der Waals surface area contributed by atoms with E-state index in [1.54, 1.807) is 0 Å². The zero-order valence-electron chi connectivity index (χ0n) is 17.3. The van der Waals surface area contributed by atoms with Gasteiger partial charge in [0, 0.05) is 0 Å². The van der Waals surface area contributed by atoms with Gasteiger partial charge in [-0.15, -0.1) is 0 Å². The van der Waals surface area contributed by atoms with Crippen molar-refractivity contribution in [3.05, 3.63) is 0 Å². The zero-order chi connectivity index (χ0) is 19.5. The first-order chi connectivity index (χ1) is 11.8. The molecule has 4 fully saturated rings. The molecule has 26 heavy (non-hydrogen) atoms. The van der Waals surface area contributed by atoms with Crippen LogP contribution in [-0.2, 0) is 14.3 Å². The Kier molecular flexibility index (Phi) is 4.73. The van der Waals surface area contributed by atoms with Gasteiger partial charge in [-0.25, -0.2) is 0 Å². The monoisotopic (exact) mass is 364 g/mol. The molecule has 4 nitrogen and oxygen atoms in total. The summed E-state index contributed by atoms with van der Waals surface area (Å²) in [6.07, 6.45) is 6.70. The van der Waals surface area contributed by atoms with Crippen LogP contribution in [0.2, 0.25) is 0 Å². The van der Waals surface area contributed by atoms with E-state index in [-0.39, 0.29) is 17.5 Å². The van der Waals surface area contributed by atoms with E-state index in [1.807, 2.05) is 34.6 Å². The maximum absolute atomic E-state index is 13.3. The van der Waals surface area contributed by atoms with Gasteiger partial charge in [0.05, 0.1) is 11.8 Å². The lowest BCUT2D eigenvalue weighted by Gasteiger charge is -2.60. The van der Waals surface area contributed by atoms with Crippen molar-refractivity contribution in [3.8, 4) is 0 Å². The normalized spacial score (nSPS) is 38.3. The molecule has 0 radical (unpaired) electrons. The number of carboxylic acids is 1. The molecule has 0 aromatic carbocycles. The van der Waals surface area contributed by atoms with Crippen LogP contribution in [0.25, 0.3) is 0 Å². The van der Waals surface area contributed by atoms with E-state index in [9.17, 15) is 14.7 Å². The highest BCUT2D eigenvalue weighted by Gasteiger charge is 2.58. The van der Waals surface area contributed by atoms with Gasteiger partial charge in [-0.3, -0.25) is 9.59 Å². The first-order valence-electron chi connectivity index (χ1n) is 10.3. The minimum absolute atomic E-state index is 0.113. The topological polar surface area (TPSA) is 63.6 Å². The highest BCUT2D eigenvalue weighted by atomic mass is 16.6. The number of esters is 1. The highest BCUT2D eigenvalue weighted by molar-refractivity contribution is 5.82. The molecular weight excluding hydrogens is 328 g/mol. The van der Waals surface area contributed by atoms with Gasteiger partial charge >= 0.3 is 11.9 Å². The van der Waals surface area contributed by atoms with Crippen LogP contribution >= 0.6 is 0 Å². The van der Waals surface area contributed by atoms with Gasteiger partial charge < -0.3 is 9.84 Å². The summed E-state index contributed by atoms with van der Waals surface area (Å²) < 4.78 is 6.28. The molecule has 0 heterocycles. The molecule has 4 saturated carbocycles. The summed E-state index contributed by atoms with van der Waals surface area (Å²) in [6, 6.07) is 0. The molecule has 4 heteroatoms. The van der Waals surface area contributed by atoms with Crippen LogP contribution in [0.15, 0.2) is 0 Å². The summed E-state index contributed by atoms with van der Waals surface area (Å²) in [5.41, 5.74) is -0.498. The number of rotatable bonds is 5. The van der Waals surface area contributed by atoms with Gasteiger partial charge in [0.15, 0.2) is 0 Å². The van der Waals surface area contributed by atoms with Crippen LogP contribution in [-0.4, -0.2) is 22.6 Å². The smallest absolute Gasteiger partial charge is 0.310 e. The van der Waals surface area contributed by atoms with Crippen LogP contribution in [0.4, 0.5) is 0 Å². The van der Waals surface area contributed by atoms with Crippen LogP contribution in [0.5, 0.6) is 0 Å². The predicted molar refractivity (Wildman–Crippen MR) is 101 cm³/mol. The summed E-state index contributed by atoms with van der Waals surface area (Å²) in [6.45, 7) is 12.0. The first kappa shape index (κ1) is 19.7. The third-order valence-electron chi connectivity index (χ3n) is 7.17. The average molecular weight is 365 g/mol. The van der Waals surface area contributed by atoms with Crippen LogP contribution in [0.3, 0.4) is 0 Å². The molecule has 0 saturated heterocycles. The molecule has 0 spiro atoms. The molecule has 4 aliphatic rings. The van der Waals surface area contributed by atoms with Crippen LogP contribution in [0, 0.1) is 40.4 Å². The fourth-order valence-electron chi connectivity index (χ4n) is 6.88. The van der Waals surface area contributed by atoms with Gasteiger partial charge in [-0.05, 0) is 67.1 Å². The van der Waals surface area contributed by atoms with Gasteiger partial charge in [0.25, 0.3) is 0 Å². The predicted octanol–water partition coefficient (Wildman–Crippen LogP) is 4.91. The average Bonchev–Trinajstić information content (AvgIpc) is 2.38. The first-order valence-corrected chi connectivity index (χ1v) is 10.3. The Morgan fingerprint density at radius 2 is 1.62 bits per heavy atom. The molecule has 0 aliphatic heterocycles. The van der Waals surface area contributed by atoms with Crippen molar-refractivity contribution in [1.82, 2.24) is 0 Å². The maximum Gasteiger partial charge on any atom is 0.310 e. The van der Waals surface area contributed by atoms with E-state index in [0.29, 0.717) is 17.3 Å². The van der Waals surface area contributed by atoms with E-state index < -0.39 is 23.2 Å². The highest BCUT2D eigenvalue weighted by Crippen LogP contribution is 2.62. The van der Waals surface area contributed by atoms with Gasteiger partial charge in [-0.1, -0.05) is 41.5 Å². The van der Waals surface area contributed by atoms with Crippen molar-refractivity contribution in [2.75, 3.05) is 0 Å². The molecule has 6 atom stereocenters. The lowest BCUT2D eigenvalue weighted by Crippen LogP contribution is -2.57. The number of hydrogen-bond donors (Lipinski definition) is 1. The van der Waals surface area contributed by atoms with Crippen molar-refractivity contribution >= 4 is 11.9 Å². The summed E-state index contributed by atoms with van der Waals surface area (Å²) in [5, 5.41) is 9.79. The number of hydrogen-bond acceptors (Lipinski definition) is 3. The summed E-state index contributed by atoms with van der Waals surface area (Å²) in [4.78, 5) is 25.3. The molecule has 4 rings (SSSR count). The third-order valence-corrected chi connectivity index (χ3v) is 7.17. The molecule has 4 aliphatic carbocycles. The Balaban J connectivity index is 1.86. The number of carbonyl (C=O) groups excluding carboxylic acids is 1. The SMILES string of the molecule is CC(C)C(C(=O)O)C(C(=O)OC12CC3C[C@H](CC(C)(C3)C1)C2)C(C)(C)C. The van der Waals surface area contributed by atoms with Gasteiger partial charge in [0.2, 0.25) is 0 Å². The summed E-state index contributed by atoms with van der Waals surface area (Å²) in [5.74, 6) is -1.30. The number of ether oxygens (including phenoxy) is 1. The fraction of sp³-hybridized carbons (Fsp3) is 0.909. The lowest BCUT2D eigenvalue weighted by molar-refractivity contribution is -0.209. The largest absolute Gasteiger partial charge is 0.481 e. The van der Waals surface area contributed by atoms with Crippen molar-refractivity contribution < 1.29 is 19.4 Å². The second-order valence-electron chi connectivity index (χ2n) is 11.3. The lowest BCUT2D eigenvalue weighted by atomic mass is 9.48. The molecular formula is C22H36O4. The van der Waals surface area contributed by atoms with Crippen LogP contribution in [0.1, 0.15) is 80.1 Å². The van der Waals surface area contributed by atoms with E-state index in [4.69, 9.17) is 4.74 Å². The standard InChI is InChI=1S/C22H36O4/c1-13(2)16(18(23)24)17(20(3,4)5)19(25)26-22-10-14-7-15(11-22)9-21(6,8-14)12-22/h13-17H,7-12H2,1-6H3,(H,23,24)/t14-,15?,16?,17?,21?,22?/m1/s1. The minimum atomic E-state index is -0.894. The Bertz CT molecular complexity index is 571. The Labute approximate surface area is 158 Å². The van der Waals surface area contributed by atoms with Crippen molar-refractivity contribution in [2.24, 2.45) is 40.4 Å². The number of aliphatic carboxylic acids is 1. The molecule has 4 bridgehead atoms. The minimum Gasteiger partial charge on any atom is -0.481 e. The molecule has 1 N–H and O–H groups in total. The Morgan fingerprint density at radius 1 is 1.08 bits per heavy atom. The second-order valence-corrected chi connectivity index (χ2v) is 11.3. The molecule has 0 aromatic heterocycles. The zero-order valence-corrected chi connectivity index (χ0v) is 17.3. The number of carboxylic acid groups (broad SMARTS) is 1. The quantitative estimate of drug-likeness (QED) is 0.704. The van der Waals surface area contributed by atoms with E-state index in [2.05, 4.69) is 6.92 Å². The third kappa shape index (κ3) is 3.53. The van der Waals surface area contributed by atoms with Crippen molar-refractivity contribution in [1.29, 1.82) is 0 Å². The van der Waals surface area contributed by atoms with Crippen molar-refractivity contribution in [3.63, 3.8) is 0 Å². The van der Waals surface area contributed by atoms with Gasteiger partial charge in [-0.2, -0.15) is 0 Å². The fourth-order valence-corrected chi connectivity index (χ4v) is 6.88. The number of carbonyl (C=O) groups is 2. The molecule has 0 aromatic rings. The summed E-state index contributed by atoms with van der Waals surface area (Å²) >= 11 is 0. The van der Waals surface area contributed by atoms with E-state index >= 15 is 0 Å². The summed E-state index contributed by atoms with van der Waals surface area (Å²) in [7, 11) is 0. The molecule has 148 valence electrons. The second kappa shape index (κ2) is 6.24. The Morgan fingerprint density at radius 3 is 2.00 bits per heavy atom.